The van der Waals surface area contributed by atoms with Gasteiger partial charge in [-0.25, -0.2) is 0 Å². The lowest BCUT2D eigenvalue weighted by Crippen LogP contribution is -2.13. The van der Waals surface area contributed by atoms with Gasteiger partial charge in [-0.2, -0.15) is 0 Å². The summed E-state index contributed by atoms with van der Waals surface area (Å²) in [5.74, 6) is -1.28. The molecule has 0 fully saturated rings. The molecule has 5 heteroatoms. The van der Waals surface area contributed by atoms with Crippen LogP contribution in [0.4, 0.5) is 5.69 Å². The van der Waals surface area contributed by atoms with E-state index >= 15 is 0 Å². The molecule has 3 N–H and O–H groups in total. The lowest BCUT2D eigenvalue weighted by molar-refractivity contribution is -0.138. The highest BCUT2D eigenvalue weighted by molar-refractivity contribution is 6.11. The second kappa shape index (κ2) is 6.96. The maximum Gasteiger partial charge on any atom is 0.303 e. The molecule has 0 saturated carbocycles. The summed E-state index contributed by atoms with van der Waals surface area (Å²) in [5, 5.41) is 13.7. The van der Waals surface area contributed by atoms with E-state index in [9.17, 15) is 9.59 Å². The van der Waals surface area contributed by atoms with Crippen LogP contribution in [0.2, 0.25) is 0 Å². The summed E-state index contributed by atoms with van der Waals surface area (Å²) >= 11 is 0. The first kappa shape index (κ1) is 16.8. The highest BCUT2D eigenvalue weighted by atomic mass is 16.4. The molecule has 0 unspecified atom stereocenters. The van der Waals surface area contributed by atoms with Crippen molar-refractivity contribution in [1.82, 2.24) is 4.98 Å². The van der Waals surface area contributed by atoms with Crippen LogP contribution >= 0.6 is 0 Å². The second-order valence-corrected chi connectivity index (χ2v) is 6.42. The standard InChI is InChI=1S/C22H18N2O3/c25-20(12-13-21(26)27)23-15-10-8-14(9-11-15)16-5-3-6-18-17-4-1-2-7-19(17)24-22(16)18/h1-11,24H,12-13H2,(H,23,25)(H,26,27). The Bertz CT molecular complexity index is 1140. The number of H-pyrrole nitrogens is 1. The SMILES string of the molecule is O=C(O)CCC(=O)Nc1ccc(-c2cccc3c2[nH]c2ccccc23)cc1. The van der Waals surface area contributed by atoms with E-state index < -0.39 is 5.97 Å². The lowest BCUT2D eigenvalue weighted by atomic mass is 10.0. The molecule has 0 aliphatic rings. The number of nitrogens with one attached hydrogen (secondary N) is 2. The largest absolute Gasteiger partial charge is 0.481 e. The van der Waals surface area contributed by atoms with E-state index in [1.165, 1.54) is 10.8 Å². The quantitative estimate of drug-likeness (QED) is 0.480. The van der Waals surface area contributed by atoms with Crippen LogP contribution in [0.5, 0.6) is 0 Å². The van der Waals surface area contributed by atoms with E-state index in [1.807, 2.05) is 42.5 Å². The number of para-hydroxylation sites is 2. The zero-order valence-electron chi connectivity index (χ0n) is 14.5. The Morgan fingerprint density at radius 2 is 1.59 bits per heavy atom. The molecule has 1 heterocycles. The fourth-order valence-electron chi connectivity index (χ4n) is 3.29. The number of hydrogen-bond acceptors (Lipinski definition) is 2. The van der Waals surface area contributed by atoms with E-state index in [0.29, 0.717) is 5.69 Å². The third-order valence-electron chi connectivity index (χ3n) is 4.59. The number of amides is 1. The number of aliphatic carboxylic acids is 1. The molecule has 0 aliphatic carbocycles. The predicted octanol–water partition coefficient (Wildman–Crippen LogP) is 4.79. The highest BCUT2D eigenvalue weighted by Crippen LogP contribution is 2.33. The maximum atomic E-state index is 11.8. The van der Waals surface area contributed by atoms with Crippen molar-refractivity contribution in [2.45, 2.75) is 12.8 Å². The van der Waals surface area contributed by atoms with Crippen molar-refractivity contribution in [2.75, 3.05) is 5.32 Å². The van der Waals surface area contributed by atoms with Gasteiger partial charge in [0.25, 0.3) is 0 Å². The molecule has 5 nitrogen and oxygen atoms in total. The van der Waals surface area contributed by atoms with Crippen LogP contribution in [0.15, 0.2) is 66.7 Å². The first-order valence-electron chi connectivity index (χ1n) is 8.73. The van der Waals surface area contributed by atoms with E-state index in [2.05, 4.69) is 34.6 Å². The third kappa shape index (κ3) is 3.40. The Labute approximate surface area is 155 Å². The van der Waals surface area contributed by atoms with Gasteiger partial charge in [0.05, 0.1) is 11.9 Å². The van der Waals surface area contributed by atoms with Crippen molar-refractivity contribution < 1.29 is 14.7 Å². The average Bonchev–Trinajstić information content (AvgIpc) is 3.06. The molecule has 0 radical (unpaired) electrons. The summed E-state index contributed by atoms with van der Waals surface area (Å²) in [4.78, 5) is 25.8. The molecule has 0 atom stereocenters. The molecule has 1 amide bonds. The minimum Gasteiger partial charge on any atom is -0.481 e. The molecule has 3 aromatic carbocycles. The van der Waals surface area contributed by atoms with Crippen LogP contribution in [0.25, 0.3) is 32.9 Å². The van der Waals surface area contributed by atoms with Gasteiger partial charge in [-0.05, 0) is 23.8 Å². The maximum absolute atomic E-state index is 11.8. The first-order valence-corrected chi connectivity index (χ1v) is 8.73. The molecule has 0 bridgehead atoms. The van der Waals surface area contributed by atoms with Gasteiger partial charge >= 0.3 is 5.97 Å². The molecule has 134 valence electrons. The molecule has 4 aromatic rings. The van der Waals surface area contributed by atoms with Crippen molar-refractivity contribution in [3.05, 3.63) is 66.7 Å². The van der Waals surface area contributed by atoms with Crippen molar-refractivity contribution in [1.29, 1.82) is 0 Å². The Kier molecular flexibility index (Phi) is 4.34. The molecule has 0 saturated heterocycles. The molecular formula is C22H18N2O3. The number of benzene rings is 3. The van der Waals surface area contributed by atoms with Gasteiger partial charge in [-0.3, -0.25) is 9.59 Å². The fourth-order valence-corrected chi connectivity index (χ4v) is 3.29. The molecule has 27 heavy (non-hydrogen) atoms. The van der Waals surface area contributed by atoms with Gasteiger partial charge in [-0.15, -0.1) is 0 Å². The lowest BCUT2D eigenvalue weighted by Gasteiger charge is -2.07. The zero-order valence-corrected chi connectivity index (χ0v) is 14.5. The number of carbonyl (C=O) groups is 2. The van der Waals surface area contributed by atoms with Crippen molar-refractivity contribution in [2.24, 2.45) is 0 Å². The summed E-state index contributed by atoms with van der Waals surface area (Å²) in [6, 6.07) is 22.0. The summed E-state index contributed by atoms with van der Waals surface area (Å²) in [6.45, 7) is 0. The number of carboxylic acids is 1. The normalized spacial score (nSPS) is 11.0. The van der Waals surface area contributed by atoms with Gasteiger partial charge in [0.2, 0.25) is 5.91 Å². The van der Waals surface area contributed by atoms with Crippen molar-refractivity contribution in [3.8, 4) is 11.1 Å². The number of fused-ring (bicyclic) bond motifs is 3. The van der Waals surface area contributed by atoms with E-state index in [4.69, 9.17) is 5.11 Å². The third-order valence-corrected chi connectivity index (χ3v) is 4.59. The number of carbonyl (C=O) groups excluding carboxylic acids is 1. The number of hydrogen-bond donors (Lipinski definition) is 3. The average molecular weight is 358 g/mol. The van der Waals surface area contributed by atoms with Crippen LogP contribution in [-0.2, 0) is 9.59 Å². The first-order chi connectivity index (χ1) is 13.1. The van der Waals surface area contributed by atoms with E-state index in [1.54, 1.807) is 0 Å². The van der Waals surface area contributed by atoms with Crippen molar-refractivity contribution >= 4 is 39.4 Å². The molecular weight excluding hydrogens is 340 g/mol. The number of rotatable bonds is 5. The monoisotopic (exact) mass is 358 g/mol. The van der Waals surface area contributed by atoms with Gasteiger partial charge in [0.15, 0.2) is 0 Å². The van der Waals surface area contributed by atoms with Crippen molar-refractivity contribution in [3.63, 3.8) is 0 Å². The van der Waals surface area contributed by atoms with E-state index in [-0.39, 0.29) is 18.7 Å². The number of carboxylic acid groups (broad SMARTS) is 1. The Morgan fingerprint density at radius 3 is 2.37 bits per heavy atom. The summed E-state index contributed by atoms with van der Waals surface area (Å²) in [7, 11) is 0. The van der Waals surface area contributed by atoms with Crippen LogP contribution in [0.1, 0.15) is 12.8 Å². The van der Waals surface area contributed by atoms with Gasteiger partial charge in [-0.1, -0.05) is 48.5 Å². The molecule has 1 aromatic heterocycles. The number of aromatic nitrogens is 1. The molecule has 0 aliphatic heterocycles. The Morgan fingerprint density at radius 1 is 0.852 bits per heavy atom. The Balaban J connectivity index is 1.62. The number of aromatic amines is 1. The summed E-state index contributed by atoms with van der Waals surface area (Å²) in [6.07, 6.45) is -0.211. The smallest absolute Gasteiger partial charge is 0.303 e. The van der Waals surface area contributed by atoms with Gasteiger partial charge in [0, 0.05) is 34.0 Å². The van der Waals surface area contributed by atoms with E-state index in [0.717, 1.165) is 22.2 Å². The minimum absolute atomic E-state index is 0.0363. The topological polar surface area (TPSA) is 82.2 Å². The van der Waals surface area contributed by atoms with Crippen LogP contribution in [-0.4, -0.2) is 22.0 Å². The van der Waals surface area contributed by atoms with Crippen LogP contribution in [0, 0.1) is 0 Å². The van der Waals surface area contributed by atoms with Crippen LogP contribution < -0.4 is 5.32 Å². The highest BCUT2D eigenvalue weighted by Gasteiger charge is 2.10. The van der Waals surface area contributed by atoms with Gasteiger partial charge < -0.3 is 15.4 Å². The minimum atomic E-state index is -0.980. The Hall–Kier alpha value is -3.60. The number of anilines is 1. The molecule has 0 spiro atoms. The zero-order chi connectivity index (χ0) is 18.8. The summed E-state index contributed by atoms with van der Waals surface area (Å²) < 4.78 is 0. The van der Waals surface area contributed by atoms with Crippen LogP contribution in [0.3, 0.4) is 0 Å². The predicted molar refractivity (Wildman–Crippen MR) is 107 cm³/mol. The van der Waals surface area contributed by atoms with Gasteiger partial charge in [0.1, 0.15) is 0 Å². The molecule has 4 rings (SSSR count). The fraction of sp³-hybridized carbons (Fsp3) is 0.0909. The second-order valence-electron chi connectivity index (χ2n) is 6.42. The summed E-state index contributed by atoms with van der Waals surface area (Å²) in [5.41, 5.74) is 4.96.